The van der Waals surface area contributed by atoms with E-state index in [4.69, 9.17) is 4.74 Å². The van der Waals surface area contributed by atoms with E-state index in [-0.39, 0.29) is 17.6 Å². The molecule has 3 rings (SSSR count). The molecule has 9 heteroatoms. The Hall–Kier alpha value is -2.58. The molecular formula is C18H27N5O4. The molecule has 27 heavy (non-hydrogen) atoms. The smallest absolute Gasteiger partial charge is 0.332 e. The second-order valence-corrected chi connectivity index (χ2v) is 7.50. The molecule has 0 N–H and O–H groups in total. The molecule has 1 saturated heterocycles. The number of imidazole rings is 1. The molecule has 0 saturated carbocycles. The van der Waals surface area contributed by atoms with Crippen molar-refractivity contribution in [2.45, 2.75) is 46.3 Å². The van der Waals surface area contributed by atoms with Gasteiger partial charge >= 0.3 is 5.69 Å². The number of carbonyl (C=O) groups excluding carboxylic acids is 1. The molecule has 0 aliphatic carbocycles. The van der Waals surface area contributed by atoms with Crippen molar-refractivity contribution in [1.82, 2.24) is 23.6 Å². The van der Waals surface area contributed by atoms with Crippen LogP contribution in [0.1, 0.15) is 33.6 Å². The molecule has 1 aliphatic heterocycles. The first kappa shape index (κ1) is 19.2. The monoisotopic (exact) mass is 377 g/mol. The van der Waals surface area contributed by atoms with Gasteiger partial charge in [-0.2, -0.15) is 4.98 Å². The Morgan fingerprint density at radius 2 is 1.89 bits per heavy atom. The highest BCUT2D eigenvalue weighted by Crippen LogP contribution is 2.23. The quantitative estimate of drug-likeness (QED) is 0.730. The van der Waals surface area contributed by atoms with Gasteiger partial charge in [-0.15, -0.1) is 0 Å². The molecule has 9 nitrogen and oxygen atoms in total. The van der Waals surface area contributed by atoms with Crippen LogP contribution < -0.4 is 16.0 Å². The van der Waals surface area contributed by atoms with E-state index in [1.165, 1.54) is 11.6 Å². The highest BCUT2D eigenvalue weighted by Gasteiger charge is 2.33. The van der Waals surface area contributed by atoms with Crippen LogP contribution in [0.5, 0.6) is 6.01 Å². The van der Waals surface area contributed by atoms with Crippen molar-refractivity contribution in [2.24, 2.45) is 20.0 Å². The van der Waals surface area contributed by atoms with Crippen LogP contribution in [-0.4, -0.2) is 48.7 Å². The molecular weight excluding hydrogens is 350 g/mol. The predicted molar refractivity (Wildman–Crippen MR) is 101 cm³/mol. The summed E-state index contributed by atoms with van der Waals surface area (Å²) in [6.45, 7) is 7.63. The van der Waals surface area contributed by atoms with Gasteiger partial charge in [0.15, 0.2) is 11.2 Å². The minimum Gasteiger partial charge on any atom is -0.458 e. The minimum absolute atomic E-state index is 0.0967. The fraction of sp³-hybridized carbons (Fsp3) is 0.667. The Bertz CT molecular complexity index is 978. The first-order valence-electron chi connectivity index (χ1n) is 9.35. The SMILES string of the molecule is CCC(=O)N1CC(Oc2nc3c(c(=O)n(C)c(=O)n3C)n2CCC(C)C)C1. The van der Waals surface area contributed by atoms with E-state index in [1.807, 2.05) is 6.92 Å². The van der Waals surface area contributed by atoms with Crippen LogP contribution in [0.4, 0.5) is 0 Å². The van der Waals surface area contributed by atoms with Gasteiger partial charge in [0.1, 0.15) is 6.10 Å². The third kappa shape index (κ3) is 3.38. The molecule has 0 aromatic carbocycles. The molecule has 0 unspecified atom stereocenters. The third-order valence-electron chi connectivity index (χ3n) is 5.02. The van der Waals surface area contributed by atoms with Gasteiger partial charge in [-0.25, -0.2) is 4.79 Å². The Labute approximate surface area is 157 Å². The number of hydrogen-bond donors (Lipinski definition) is 0. The fourth-order valence-electron chi connectivity index (χ4n) is 3.20. The van der Waals surface area contributed by atoms with Crippen molar-refractivity contribution in [1.29, 1.82) is 0 Å². The van der Waals surface area contributed by atoms with Crippen LogP contribution in [0.15, 0.2) is 9.59 Å². The fourth-order valence-corrected chi connectivity index (χ4v) is 3.20. The average molecular weight is 377 g/mol. The van der Waals surface area contributed by atoms with Crippen molar-refractivity contribution in [3.63, 3.8) is 0 Å². The molecule has 0 radical (unpaired) electrons. The van der Waals surface area contributed by atoms with E-state index in [0.29, 0.717) is 49.1 Å². The number of carbonyl (C=O) groups is 1. The largest absolute Gasteiger partial charge is 0.458 e. The molecule has 148 valence electrons. The summed E-state index contributed by atoms with van der Waals surface area (Å²) < 4.78 is 10.2. The van der Waals surface area contributed by atoms with E-state index < -0.39 is 5.69 Å². The summed E-state index contributed by atoms with van der Waals surface area (Å²) in [4.78, 5) is 42.8. The van der Waals surface area contributed by atoms with Crippen LogP contribution in [-0.2, 0) is 25.4 Å². The molecule has 3 heterocycles. The molecule has 1 fully saturated rings. The number of amides is 1. The Balaban J connectivity index is 1.99. The number of fused-ring (bicyclic) bond motifs is 1. The normalized spacial score (nSPS) is 14.8. The van der Waals surface area contributed by atoms with E-state index in [1.54, 1.807) is 16.5 Å². The highest BCUT2D eigenvalue weighted by atomic mass is 16.5. The maximum Gasteiger partial charge on any atom is 0.332 e. The topological polar surface area (TPSA) is 91.4 Å². The number of likely N-dealkylation sites (tertiary alicyclic amines) is 1. The molecule has 1 aliphatic rings. The Morgan fingerprint density at radius 3 is 2.48 bits per heavy atom. The van der Waals surface area contributed by atoms with Gasteiger partial charge < -0.3 is 9.64 Å². The van der Waals surface area contributed by atoms with Gasteiger partial charge in [0.05, 0.1) is 13.1 Å². The van der Waals surface area contributed by atoms with Gasteiger partial charge in [0.2, 0.25) is 5.91 Å². The maximum atomic E-state index is 12.7. The average Bonchev–Trinajstić information content (AvgIpc) is 2.96. The number of ether oxygens (including phenoxy) is 1. The number of aromatic nitrogens is 4. The first-order valence-corrected chi connectivity index (χ1v) is 9.35. The van der Waals surface area contributed by atoms with Gasteiger partial charge in [-0.1, -0.05) is 20.8 Å². The summed E-state index contributed by atoms with van der Waals surface area (Å²) in [6.07, 6.45) is 1.16. The van der Waals surface area contributed by atoms with Crippen LogP contribution >= 0.6 is 0 Å². The van der Waals surface area contributed by atoms with Crippen LogP contribution in [0.2, 0.25) is 0 Å². The molecule has 0 spiro atoms. The molecule has 2 aromatic heterocycles. The lowest BCUT2D eigenvalue weighted by Crippen LogP contribution is -2.56. The second-order valence-electron chi connectivity index (χ2n) is 7.50. The zero-order valence-electron chi connectivity index (χ0n) is 16.6. The van der Waals surface area contributed by atoms with Crippen LogP contribution in [0.3, 0.4) is 0 Å². The summed E-state index contributed by atoms with van der Waals surface area (Å²) >= 11 is 0. The summed E-state index contributed by atoms with van der Waals surface area (Å²) in [6, 6.07) is 0.331. The number of nitrogens with zero attached hydrogens (tertiary/aromatic N) is 5. The highest BCUT2D eigenvalue weighted by molar-refractivity contribution is 5.76. The van der Waals surface area contributed by atoms with Crippen molar-refractivity contribution < 1.29 is 9.53 Å². The zero-order chi connectivity index (χ0) is 19.9. The van der Waals surface area contributed by atoms with E-state index >= 15 is 0 Å². The number of aryl methyl sites for hydroxylation is 2. The van der Waals surface area contributed by atoms with Crippen molar-refractivity contribution in [3.8, 4) is 6.01 Å². The van der Waals surface area contributed by atoms with Crippen molar-refractivity contribution in [2.75, 3.05) is 13.1 Å². The molecule has 2 aromatic rings. The van der Waals surface area contributed by atoms with E-state index in [2.05, 4.69) is 18.8 Å². The lowest BCUT2D eigenvalue weighted by Gasteiger charge is -2.38. The van der Waals surface area contributed by atoms with E-state index in [0.717, 1.165) is 11.0 Å². The van der Waals surface area contributed by atoms with Gasteiger partial charge in [-0.3, -0.25) is 23.3 Å². The summed E-state index contributed by atoms with van der Waals surface area (Å²) in [7, 11) is 3.06. The number of hydrogen-bond acceptors (Lipinski definition) is 5. The summed E-state index contributed by atoms with van der Waals surface area (Å²) in [5.74, 6) is 0.535. The van der Waals surface area contributed by atoms with Crippen LogP contribution in [0, 0.1) is 5.92 Å². The maximum absolute atomic E-state index is 12.7. The minimum atomic E-state index is -0.420. The first-order chi connectivity index (χ1) is 12.7. The van der Waals surface area contributed by atoms with Crippen LogP contribution in [0.25, 0.3) is 11.2 Å². The predicted octanol–water partition coefficient (Wildman–Crippen LogP) is 0.479. The van der Waals surface area contributed by atoms with Gasteiger partial charge in [0.25, 0.3) is 11.6 Å². The Kier molecular flexibility index (Phi) is 5.12. The Morgan fingerprint density at radius 1 is 1.22 bits per heavy atom. The summed E-state index contributed by atoms with van der Waals surface area (Å²) in [5.41, 5.74) is -0.106. The lowest BCUT2D eigenvalue weighted by molar-refractivity contribution is -0.139. The third-order valence-corrected chi connectivity index (χ3v) is 5.02. The second kappa shape index (κ2) is 7.21. The molecule has 1 amide bonds. The zero-order valence-corrected chi connectivity index (χ0v) is 16.6. The summed E-state index contributed by atoms with van der Waals surface area (Å²) in [5, 5.41) is 0. The van der Waals surface area contributed by atoms with Gasteiger partial charge in [-0.05, 0) is 12.3 Å². The van der Waals surface area contributed by atoms with Crippen molar-refractivity contribution >= 4 is 17.1 Å². The number of rotatable bonds is 6. The van der Waals surface area contributed by atoms with Gasteiger partial charge in [0, 0.05) is 27.1 Å². The molecule has 0 atom stereocenters. The van der Waals surface area contributed by atoms with Crippen molar-refractivity contribution in [3.05, 3.63) is 20.8 Å². The molecule has 0 bridgehead atoms. The standard InChI is InChI=1S/C18H27N5O4/c1-6-13(24)22-9-12(10-22)27-17-19-15-14(23(17)8-7-11(2)3)16(25)21(5)18(26)20(15)4/h11-12H,6-10H2,1-5H3. The lowest BCUT2D eigenvalue weighted by atomic mass is 10.1. The van der Waals surface area contributed by atoms with E-state index in [9.17, 15) is 14.4 Å².